The monoisotopic (exact) mass is 373 g/mol. The molecule has 27 heavy (non-hydrogen) atoms. The van der Waals surface area contributed by atoms with Crippen LogP contribution in [0.5, 0.6) is 5.88 Å². The van der Waals surface area contributed by atoms with Gasteiger partial charge in [-0.3, -0.25) is 14.3 Å². The highest BCUT2D eigenvalue weighted by Crippen LogP contribution is 2.13. The highest BCUT2D eigenvalue weighted by atomic mass is 16.3. The van der Waals surface area contributed by atoms with E-state index in [4.69, 9.17) is 0 Å². The minimum Gasteiger partial charge on any atom is -0.494 e. The van der Waals surface area contributed by atoms with E-state index in [1.54, 1.807) is 6.92 Å². The van der Waals surface area contributed by atoms with E-state index in [-0.39, 0.29) is 18.0 Å². The van der Waals surface area contributed by atoms with Gasteiger partial charge in [-0.15, -0.1) is 0 Å². The Hall–Kier alpha value is -2.87. The molecule has 0 atom stereocenters. The molecule has 0 aliphatic rings. The second-order valence-electron chi connectivity index (χ2n) is 6.16. The lowest BCUT2D eigenvalue weighted by molar-refractivity contribution is 0.303. The Kier molecular flexibility index (Phi) is 7.36. The predicted molar refractivity (Wildman–Crippen MR) is 107 cm³/mol. The minimum atomic E-state index is -0.660. The molecule has 2 rings (SSSR count). The second kappa shape index (κ2) is 9.72. The van der Waals surface area contributed by atoms with Crippen LogP contribution in [0, 0.1) is 0 Å². The van der Waals surface area contributed by atoms with Crippen LogP contribution in [-0.2, 0) is 6.54 Å². The van der Waals surface area contributed by atoms with E-state index in [0.29, 0.717) is 12.3 Å². The number of hydrazone groups is 1. The predicted octanol–water partition coefficient (Wildman–Crippen LogP) is 0.946. The van der Waals surface area contributed by atoms with Gasteiger partial charge in [0.1, 0.15) is 5.56 Å². The molecule has 8 nitrogen and oxygen atoms in total. The summed E-state index contributed by atoms with van der Waals surface area (Å²) in [5.41, 5.74) is 2.73. The van der Waals surface area contributed by atoms with Crippen molar-refractivity contribution in [2.75, 3.05) is 26.2 Å². The Balaban J connectivity index is 2.23. The van der Waals surface area contributed by atoms with Gasteiger partial charge < -0.3 is 15.4 Å². The van der Waals surface area contributed by atoms with E-state index < -0.39 is 11.2 Å². The molecule has 3 N–H and O–H groups in total. The van der Waals surface area contributed by atoms with Crippen LogP contribution in [0.3, 0.4) is 0 Å². The number of aromatic hydroxyl groups is 1. The molecule has 0 fully saturated rings. The fraction of sp³-hybridized carbons (Fsp3) is 0.421. The molecule has 0 saturated carbocycles. The van der Waals surface area contributed by atoms with Crippen LogP contribution in [0.15, 0.2) is 45.0 Å². The first kappa shape index (κ1) is 20.4. The van der Waals surface area contributed by atoms with Gasteiger partial charge in [-0.25, -0.2) is 4.79 Å². The summed E-state index contributed by atoms with van der Waals surface area (Å²) in [6.45, 7) is 9.28. The van der Waals surface area contributed by atoms with Crippen molar-refractivity contribution < 1.29 is 5.11 Å². The van der Waals surface area contributed by atoms with Gasteiger partial charge in [0, 0.05) is 13.1 Å². The lowest BCUT2D eigenvalue weighted by atomic mass is 10.2. The van der Waals surface area contributed by atoms with Crippen molar-refractivity contribution in [1.29, 1.82) is 0 Å². The molecule has 8 heteroatoms. The van der Waals surface area contributed by atoms with E-state index in [1.807, 2.05) is 30.3 Å². The number of likely N-dealkylation sites (N-methyl/N-ethyl adjacent to an activating group) is 1. The molecular weight excluding hydrogens is 346 g/mol. The van der Waals surface area contributed by atoms with Crippen molar-refractivity contribution in [1.82, 2.24) is 19.9 Å². The van der Waals surface area contributed by atoms with Gasteiger partial charge in [0.05, 0.1) is 12.3 Å². The molecule has 0 radical (unpaired) electrons. The average molecular weight is 373 g/mol. The maximum absolute atomic E-state index is 12.2. The number of benzene rings is 1. The van der Waals surface area contributed by atoms with Crippen molar-refractivity contribution in [3.8, 4) is 5.88 Å². The molecular formula is C19H27N5O3. The lowest BCUT2D eigenvalue weighted by Gasteiger charge is -2.17. The summed E-state index contributed by atoms with van der Waals surface area (Å²) in [6, 6.07) is 9.23. The number of nitrogens with one attached hydrogen (secondary N) is 2. The molecule has 1 heterocycles. The fourth-order valence-corrected chi connectivity index (χ4v) is 2.78. The third-order valence-electron chi connectivity index (χ3n) is 4.40. The van der Waals surface area contributed by atoms with Crippen LogP contribution in [0.1, 0.15) is 31.9 Å². The molecule has 0 aliphatic carbocycles. The summed E-state index contributed by atoms with van der Waals surface area (Å²) in [4.78, 5) is 28.8. The number of aromatic nitrogens is 2. The Morgan fingerprint density at radius 1 is 1.22 bits per heavy atom. The molecule has 0 amide bonds. The summed E-state index contributed by atoms with van der Waals surface area (Å²) >= 11 is 0. The Labute approximate surface area is 158 Å². The number of hydrogen-bond acceptors (Lipinski definition) is 6. The molecule has 0 unspecified atom stereocenters. The first-order chi connectivity index (χ1) is 13.0. The van der Waals surface area contributed by atoms with Crippen molar-refractivity contribution in [2.24, 2.45) is 5.10 Å². The van der Waals surface area contributed by atoms with Gasteiger partial charge >= 0.3 is 5.69 Å². The number of H-pyrrole nitrogens is 1. The van der Waals surface area contributed by atoms with E-state index in [1.165, 1.54) is 0 Å². The van der Waals surface area contributed by atoms with Crippen molar-refractivity contribution in [3.05, 3.63) is 62.3 Å². The molecule has 146 valence electrons. The lowest BCUT2D eigenvalue weighted by Crippen LogP contribution is -2.34. The Bertz CT molecular complexity index is 882. The molecule has 0 bridgehead atoms. The number of hydrogen-bond donors (Lipinski definition) is 3. The summed E-state index contributed by atoms with van der Waals surface area (Å²) in [7, 11) is 0. The minimum absolute atomic E-state index is 0.0131. The van der Waals surface area contributed by atoms with E-state index in [9.17, 15) is 14.7 Å². The number of aromatic amines is 1. The van der Waals surface area contributed by atoms with Gasteiger partial charge in [0.2, 0.25) is 5.88 Å². The van der Waals surface area contributed by atoms with Crippen LogP contribution >= 0.6 is 0 Å². The summed E-state index contributed by atoms with van der Waals surface area (Å²) in [5, 5.41) is 14.7. The highest BCUT2D eigenvalue weighted by molar-refractivity contribution is 6.00. The SMILES string of the molecule is CCN(CC)CCNN=C(C)c1c(O)n(Cc2ccccc2)c(=O)[nH]c1=O. The third-order valence-corrected chi connectivity index (χ3v) is 4.40. The molecule has 1 aromatic heterocycles. The van der Waals surface area contributed by atoms with E-state index >= 15 is 0 Å². The zero-order valence-corrected chi connectivity index (χ0v) is 16.0. The molecule has 1 aromatic carbocycles. The third kappa shape index (κ3) is 5.30. The average Bonchev–Trinajstić information content (AvgIpc) is 2.66. The molecule has 0 saturated heterocycles. The van der Waals surface area contributed by atoms with Gasteiger partial charge in [-0.2, -0.15) is 5.10 Å². The Morgan fingerprint density at radius 2 is 1.89 bits per heavy atom. The van der Waals surface area contributed by atoms with E-state index in [0.717, 1.165) is 29.8 Å². The summed E-state index contributed by atoms with van der Waals surface area (Å²) in [6.07, 6.45) is 0. The first-order valence-electron chi connectivity index (χ1n) is 9.07. The van der Waals surface area contributed by atoms with Gasteiger partial charge in [0.15, 0.2) is 0 Å². The summed E-state index contributed by atoms with van der Waals surface area (Å²) < 4.78 is 1.13. The number of nitrogens with zero attached hydrogens (tertiary/aromatic N) is 3. The smallest absolute Gasteiger partial charge is 0.331 e. The maximum Gasteiger partial charge on any atom is 0.331 e. The normalized spacial score (nSPS) is 11.8. The quantitative estimate of drug-likeness (QED) is 0.345. The van der Waals surface area contributed by atoms with Gasteiger partial charge in [-0.1, -0.05) is 44.2 Å². The van der Waals surface area contributed by atoms with Crippen LogP contribution in [0.2, 0.25) is 0 Å². The van der Waals surface area contributed by atoms with Crippen molar-refractivity contribution >= 4 is 5.71 Å². The molecule has 2 aromatic rings. The summed E-state index contributed by atoms with van der Waals surface area (Å²) in [5.74, 6) is -0.389. The first-order valence-corrected chi connectivity index (χ1v) is 9.07. The topological polar surface area (TPSA) is 103 Å². The van der Waals surface area contributed by atoms with Crippen LogP contribution < -0.4 is 16.7 Å². The molecule has 0 aliphatic heterocycles. The molecule has 0 spiro atoms. The standard InChI is InChI=1S/C19H27N5O3/c1-4-23(5-2)12-11-20-22-14(3)16-17(25)21-19(27)24(18(16)26)13-15-9-7-6-8-10-15/h6-10,20,26H,4-5,11-13H2,1-3H3,(H,21,25,27). The van der Waals surface area contributed by atoms with Gasteiger partial charge in [-0.05, 0) is 25.6 Å². The van der Waals surface area contributed by atoms with Crippen molar-refractivity contribution in [2.45, 2.75) is 27.3 Å². The number of rotatable bonds is 9. The zero-order chi connectivity index (χ0) is 19.8. The zero-order valence-electron chi connectivity index (χ0n) is 16.0. The second-order valence-corrected chi connectivity index (χ2v) is 6.16. The van der Waals surface area contributed by atoms with Crippen LogP contribution in [0.25, 0.3) is 0 Å². The highest BCUT2D eigenvalue weighted by Gasteiger charge is 2.17. The van der Waals surface area contributed by atoms with Gasteiger partial charge in [0.25, 0.3) is 5.56 Å². The van der Waals surface area contributed by atoms with Crippen LogP contribution in [-0.4, -0.2) is 51.4 Å². The fourth-order valence-electron chi connectivity index (χ4n) is 2.78. The van der Waals surface area contributed by atoms with E-state index in [2.05, 4.69) is 34.3 Å². The Morgan fingerprint density at radius 3 is 2.52 bits per heavy atom. The van der Waals surface area contributed by atoms with Crippen LogP contribution in [0.4, 0.5) is 0 Å². The van der Waals surface area contributed by atoms with Crippen molar-refractivity contribution in [3.63, 3.8) is 0 Å². The maximum atomic E-state index is 12.2. The largest absolute Gasteiger partial charge is 0.494 e.